The molecular formula is C16H25N5. The van der Waals surface area contributed by atoms with Gasteiger partial charge < -0.3 is 19.5 Å². The quantitative estimate of drug-likeness (QED) is 0.906. The number of fused-ring (bicyclic) bond motifs is 1. The Labute approximate surface area is 126 Å². The van der Waals surface area contributed by atoms with Gasteiger partial charge in [-0.15, -0.1) is 0 Å². The summed E-state index contributed by atoms with van der Waals surface area (Å²) in [4.78, 5) is 9.60. The molecule has 2 aromatic heterocycles. The number of likely N-dealkylation sites (N-methyl/N-ethyl adjacent to an activating group) is 2. The Hall–Kier alpha value is -1.59. The second-order valence-corrected chi connectivity index (χ2v) is 6.00. The molecule has 21 heavy (non-hydrogen) atoms. The Morgan fingerprint density at radius 3 is 3.00 bits per heavy atom. The van der Waals surface area contributed by atoms with Gasteiger partial charge in [-0.1, -0.05) is 6.07 Å². The molecule has 1 fully saturated rings. The Bertz CT molecular complexity index is 606. The highest BCUT2D eigenvalue weighted by molar-refractivity contribution is 5.55. The topological polar surface area (TPSA) is 35.8 Å². The molecule has 1 N–H and O–H groups in total. The number of rotatable bonds is 5. The summed E-state index contributed by atoms with van der Waals surface area (Å²) in [5.41, 5.74) is 2.25. The van der Waals surface area contributed by atoms with Crippen molar-refractivity contribution in [2.45, 2.75) is 25.4 Å². The van der Waals surface area contributed by atoms with Crippen LogP contribution in [0.2, 0.25) is 0 Å². The normalized spacial score (nSPS) is 19.5. The number of hydrogen-bond donors (Lipinski definition) is 1. The van der Waals surface area contributed by atoms with Crippen molar-refractivity contribution < 1.29 is 0 Å². The second kappa shape index (κ2) is 6.03. The molecule has 114 valence electrons. The molecule has 2 aromatic rings. The predicted octanol–water partition coefficient (Wildman–Crippen LogP) is 1.58. The minimum absolute atomic E-state index is 0.641. The Kier molecular flexibility index (Phi) is 4.12. The van der Waals surface area contributed by atoms with Crippen LogP contribution in [0.5, 0.6) is 0 Å². The van der Waals surface area contributed by atoms with Crippen LogP contribution >= 0.6 is 0 Å². The zero-order chi connectivity index (χ0) is 14.8. The second-order valence-electron chi connectivity index (χ2n) is 6.00. The van der Waals surface area contributed by atoms with E-state index in [1.54, 1.807) is 0 Å². The van der Waals surface area contributed by atoms with Gasteiger partial charge in [0.25, 0.3) is 0 Å². The summed E-state index contributed by atoms with van der Waals surface area (Å²) in [6, 6.07) is 6.81. The smallest absolute Gasteiger partial charge is 0.152 e. The number of pyridine rings is 1. The first kappa shape index (κ1) is 14.4. The molecule has 1 aliphatic rings. The fourth-order valence-corrected chi connectivity index (χ4v) is 3.28. The van der Waals surface area contributed by atoms with Crippen molar-refractivity contribution in [3.63, 3.8) is 0 Å². The molecule has 0 aliphatic carbocycles. The lowest BCUT2D eigenvalue weighted by Gasteiger charge is -2.26. The molecule has 1 saturated heterocycles. The minimum Gasteiger partial charge on any atom is -0.357 e. The van der Waals surface area contributed by atoms with Crippen molar-refractivity contribution in [2.75, 3.05) is 39.1 Å². The van der Waals surface area contributed by atoms with E-state index in [2.05, 4.69) is 51.9 Å². The SMILES string of the molecule is CNCc1c(N(C)CC2CCCN2C)nc2ccccn12. The van der Waals surface area contributed by atoms with Gasteiger partial charge in [0.05, 0.1) is 5.69 Å². The van der Waals surface area contributed by atoms with Gasteiger partial charge in [-0.25, -0.2) is 4.98 Å². The minimum atomic E-state index is 0.641. The summed E-state index contributed by atoms with van der Waals surface area (Å²) in [5, 5.41) is 3.26. The van der Waals surface area contributed by atoms with E-state index in [4.69, 9.17) is 4.98 Å². The van der Waals surface area contributed by atoms with Crippen molar-refractivity contribution in [3.8, 4) is 0 Å². The fraction of sp³-hybridized carbons (Fsp3) is 0.562. The molecule has 3 rings (SSSR count). The Balaban J connectivity index is 1.89. The van der Waals surface area contributed by atoms with Crippen molar-refractivity contribution in [1.29, 1.82) is 0 Å². The predicted molar refractivity (Wildman–Crippen MR) is 86.9 cm³/mol. The first-order valence-electron chi connectivity index (χ1n) is 7.72. The van der Waals surface area contributed by atoms with E-state index >= 15 is 0 Å². The molecule has 5 heteroatoms. The summed E-state index contributed by atoms with van der Waals surface area (Å²) < 4.78 is 2.18. The maximum absolute atomic E-state index is 4.83. The van der Waals surface area contributed by atoms with Crippen molar-refractivity contribution >= 4 is 11.5 Å². The van der Waals surface area contributed by atoms with Crippen LogP contribution in [-0.4, -0.2) is 54.6 Å². The molecule has 1 unspecified atom stereocenters. The maximum atomic E-state index is 4.83. The van der Waals surface area contributed by atoms with E-state index in [0.717, 1.165) is 24.6 Å². The van der Waals surface area contributed by atoms with Crippen LogP contribution in [0.1, 0.15) is 18.5 Å². The number of hydrogen-bond acceptors (Lipinski definition) is 4. The van der Waals surface area contributed by atoms with Gasteiger partial charge in [0, 0.05) is 32.4 Å². The number of nitrogens with one attached hydrogen (secondary N) is 1. The van der Waals surface area contributed by atoms with Crippen LogP contribution < -0.4 is 10.2 Å². The summed E-state index contributed by atoms with van der Waals surface area (Å²) >= 11 is 0. The van der Waals surface area contributed by atoms with Crippen LogP contribution in [-0.2, 0) is 6.54 Å². The molecule has 5 nitrogen and oxygen atoms in total. The molecule has 3 heterocycles. The Morgan fingerprint density at radius 2 is 2.29 bits per heavy atom. The number of likely N-dealkylation sites (tertiary alicyclic amines) is 1. The molecule has 0 saturated carbocycles. The standard InChI is InChI=1S/C16H25N5/c1-17-11-14-16(18-15-8-4-5-10-21(14)15)20(3)12-13-7-6-9-19(13)2/h4-5,8,10,13,17H,6-7,9,11-12H2,1-3H3. The third-order valence-electron chi connectivity index (χ3n) is 4.47. The monoisotopic (exact) mass is 287 g/mol. The summed E-state index contributed by atoms with van der Waals surface area (Å²) in [6.45, 7) is 3.08. The molecule has 0 spiro atoms. The van der Waals surface area contributed by atoms with Gasteiger partial charge in [0.2, 0.25) is 0 Å². The molecule has 0 bridgehead atoms. The average molecular weight is 287 g/mol. The van der Waals surface area contributed by atoms with Gasteiger partial charge in [-0.05, 0) is 45.6 Å². The van der Waals surface area contributed by atoms with Crippen LogP contribution in [0, 0.1) is 0 Å². The van der Waals surface area contributed by atoms with Crippen LogP contribution in [0.4, 0.5) is 5.82 Å². The third-order valence-corrected chi connectivity index (χ3v) is 4.47. The highest BCUT2D eigenvalue weighted by Gasteiger charge is 2.24. The number of nitrogens with zero attached hydrogens (tertiary/aromatic N) is 4. The van der Waals surface area contributed by atoms with Gasteiger partial charge in [-0.2, -0.15) is 0 Å². The van der Waals surface area contributed by atoms with E-state index < -0.39 is 0 Å². The molecule has 1 aliphatic heterocycles. The maximum Gasteiger partial charge on any atom is 0.152 e. The first-order valence-corrected chi connectivity index (χ1v) is 7.72. The van der Waals surface area contributed by atoms with Crippen LogP contribution in [0.15, 0.2) is 24.4 Å². The van der Waals surface area contributed by atoms with Crippen LogP contribution in [0.25, 0.3) is 5.65 Å². The fourth-order valence-electron chi connectivity index (χ4n) is 3.28. The average Bonchev–Trinajstić information content (AvgIpc) is 3.04. The van der Waals surface area contributed by atoms with Crippen molar-refractivity contribution in [3.05, 3.63) is 30.1 Å². The lowest BCUT2D eigenvalue weighted by atomic mass is 10.2. The van der Waals surface area contributed by atoms with Gasteiger partial charge in [0.15, 0.2) is 5.82 Å². The van der Waals surface area contributed by atoms with E-state index in [1.165, 1.54) is 25.1 Å². The molecule has 0 amide bonds. The summed E-state index contributed by atoms with van der Waals surface area (Å²) in [5.74, 6) is 1.09. The van der Waals surface area contributed by atoms with Crippen LogP contribution in [0.3, 0.4) is 0 Å². The number of anilines is 1. The lowest BCUT2D eigenvalue weighted by molar-refractivity contribution is 0.314. The van der Waals surface area contributed by atoms with Crippen molar-refractivity contribution in [1.82, 2.24) is 19.6 Å². The Morgan fingerprint density at radius 1 is 1.43 bits per heavy atom. The molecular weight excluding hydrogens is 262 g/mol. The molecule has 0 radical (unpaired) electrons. The van der Waals surface area contributed by atoms with Gasteiger partial charge >= 0.3 is 0 Å². The zero-order valence-electron chi connectivity index (χ0n) is 13.2. The van der Waals surface area contributed by atoms with Gasteiger partial charge in [0.1, 0.15) is 5.65 Å². The molecule has 1 atom stereocenters. The van der Waals surface area contributed by atoms with Crippen molar-refractivity contribution in [2.24, 2.45) is 0 Å². The third kappa shape index (κ3) is 2.76. The van der Waals surface area contributed by atoms with E-state index in [9.17, 15) is 0 Å². The highest BCUT2D eigenvalue weighted by atomic mass is 15.3. The van der Waals surface area contributed by atoms with Gasteiger partial charge in [-0.3, -0.25) is 0 Å². The van der Waals surface area contributed by atoms with E-state index in [1.807, 2.05) is 13.1 Å². The molecule has 0 aromatic carbocycles. The lowest BCUT2D eigenvalue weighted by Crippen LogP contribution is -2.37. The number of aromatic nitrogens is 2. The summed E-state index contributed by atoms with van der Waals surface area (Å²) in [7, 11) is 6.37. The first-order chi connectivity index (χ1) is 10.2. The van der Waals surface area contributed by atoms with E-state index in [-0.39, 0.29) is 0 Å². The highest BCUT2D eigenvalue weighted by Crippen LogP contribution is 2.23. The summed E-state index contributed by atoms with van der Waals surface area (Å²) in [6.07, 6.45) is 4.69. The van der Waals surface area contributed by atoms with E-state index in [0.29, 0.717) is 6.04 Å². The zero-order valence-corrected chi connectivity index (χ0v) is 13.2. The largest absolute Gasteiger partial charge is 0.357 e. The number of imidazole rings is 1.